The van der Waals surface area contributed by atoms with Crippen molar-refractivity contribution in [1.29, 1.82) is 0 Å². The molecule has 0 saturated carbocycles. The molecule has 1 aliphatic rings. The number of aryl methyl sites for hydroxylation is 1. The zero-order valence-electron chi connectivity index (χ0n) is 19.4. The van der Waals surface area contributed by atoms with Crippen LogP contribution in [0.15, 0.2) is 66.7 Å². The van der Waals surface area contributed by atoms with E-state index in [1.165, 1.54) is 32.4 Å². The SMILES string of the molecule is COc1ccc(C2(c3ccc(OC)cc3)NC(=O)N(CC(=O)Nc3cc(F)ccc3C)C2=O)cc1. The number of nitrogens with zero attached hydrogens (tertiary/aromatic N) is 1. The Kier molecular flexibility index (Phi) is 6.42. The number of anilines is 1. The number of methoxy groups -OCH3 is 2. The molecule has 0 bridgehead atoms. The van der Waals surface area contributed by atoms with E-state index in [2.05, 4.69) is 10.6 Å². The Hall–Kier alpha value is -4.40. The molecule has 9 heteroatoms. The van der Waals surface area contributed by atoms with Crippen LogP contribution in [0.1, 0.15) is 16.7 Å². The van der Waals surface area contributed by atoms with Crippen LogP contribution in [0.3, 0.4) is 0 Å². The number of hydrogen-bond donors (Lipinski definition) is 2. The number of halogens is 1. The third-order valence-electron chi connectivity index (χ3n) is 5.93. The third kappa shape index (κ3) is 4.40. The lowest BCUT2D eigenvalue weighted by Gasteiger charge is -2.28. The van der Waals surface area contributed by atoms with Gasteiger partial charge in [0.05, 0.1) is 14.2 Å². The third-order valence-corrected chi connectivity index (χ3v) is 5.93. The van der Waals surface area contributed by atoms with Gasteiger partial charge in [0.2, 0.25) is 5.91 Å². The Morgan fingerprint density at radius 3 is 2.00 bits per heavy atom. The summed E-state index contributed by atoms with van der Waals surface area (Å²) in [4.78, 5) is 40.4. The Morgan fingerprint density at radius 2 is 1.49 bits per heavy atom. The van der Waals surface area contributed by atoms with Gasteiger partial charge in [-0.3, -0.25) is 14.5 Å². The van der Waals surface area contributed by atoms with Gasteiger partial charge in [-0.1, -0.05) is 30.3 Å². The van der Waals surface area contributed by atoms with E-state index in [1.54, 1.807) is 55.5 Å². The van der Waals surface area contributed by atoms with Gasteiger partial charge >= 0.3 is 6.03 Å². The molecule has 3 aromatic carbocycles. The van der Waals surface area contributed by atoms with Crippen molar-refractivity contribution in [2.45, 2.75) is 12.5 Å². The van der Waals surface area contributed by atoms with Crippen molar-refractivity contribution >= 4 is 23.5 Å². The Bertz CT molecular complexity index is 1230. The quantitative estimate of drug-likeness (QED) is 0.507. The number of urea groups is 1. The minimum Gasteiger partial charge on any atom is -0.497 e. The first-order valence-corrected chi connectivity index (χ1v) is 10.8. The zero-order chi connectivity index (χ0) is 25.2. The van der Waals surface area contributed by atoms with Crippen molar-refractivity contribution in [2.24, 2.45) is 0 Å². The maximum atomic E-state index is 13.8. The molecule has 0 unspecified atom stereocenters. The molecule has 1 saturated heterocycles. The summed E-state index contributed by atoms with van der Waals surface area (Å²) < 4.78 is 24.1. The van der Waals surface area contributed by atoms with Crippen LogP contribution >= 0.6 is 0 Å². The smallest absolute Gasteiger partial charge is 0.326 e. The molecule has 1 fully saturated rings. The molecule has 3 aromatic rings. The number of ether oxygens (including phenoxy) is 2. The largest absolute Gasteiger partial charge is 0.497 e. The lowest BCUT2D eigenvalue weighted by Crippen LogP contribution is -2.45. The highest BCUT2D eigenvalue weighted by molar-refractivity contribution is 6.12. The standard InChI is InChI=1S/C26H24FN3O5/c1-16-4-9-19(27)14-22(16)28-23(31)15-30-24(32)26(29-25(30)33,17-5-10-20(34-2)11-6-17)18-7-12-21(35-3)13-8-18/h4-14H,15H2,1-3H3,(H,28,31)(H,29,33). The number of nitrogens with one attached hydrogen (secondary N) is 2. The minimum absolute atomic E-state index is 0.263. The van der Waals surface area contributed by atoms with Gasteiger partial charge in [0.25, 0.3) is 5.91 Å². The number of benzene rings is 3. The molecule has 0 aromatic heterocycles. The highest BCUT2D eigenvalue weighted by Crippen LogP contribution is 2.37. The summed E-state index contributed by atoms with van der Waals surface area (Å²) in [6.45, 7) is 1.16. The van der Waals surface area contributed by atoms with Gasteiger partial charge < -0.3 is 20.1 Å². The molecule has 180 valence electrons. The van der Waals surface area contributed by atoms with Crippen LogP contribution in [0.5, 0.6) is 11.5 Å². The van der Waals surface area contributed by atoms with Crippen LogP contribution in [-0.2, 0) is 15.1 Å². The molecule has 4 rings (SSSR count). The average molecular weight is 477 g/mol. The molecule has 1 heterocycles. The van der Waals surface area contributed by atoms with Gasteiger partial charge in [-0.25, -0.2) is 9.18 Å². The summed E-state index contributed by atoms with van der Waals surface area (Å²) in [6.07, 6.45) is 0. The predicted molar refractivity (Wildman–Crippen MR) is 127 cm³/mol. The van der Waals surface area contributed by atoms with Gasteiger partial charge in [-0.05, 0) is 60.0 Å². The van der Waals surface area contributed by atoms with E-state index in [0.29, 0.717) is 28.2 Å². The van der Waals surface area contributed by atoms with Gasteiger partial charge in [-0.15, -0.1) is 0 Å². The van der Waals surface area contributed by atoms with Crippen LogP contribution in [0.25, 0.3) is 0 Å². The molecule has 0 aliphatic carbocycles. The summed E-state index contributed by atoms with van der Waals surface area (Å²) in [5, 5.41) is 5.35. The van der Waals surface area contributed by atoms with Crippen molar-refractivity contribution < 1.29 is 28.2 Å². The normalized spacial score (nSPS) is 14.5. The van der Waals surface area contributed by atoms with E-state index in [9.17, 15) is 18.8 Å². The molecule has 0 spiro atoms. The van der Waals surface area contributed by atoms with Crippen molar-refractivity contribution in [2.75, 3.05) is 26.1 Å². The number of carbonyl (C=O) groups is 3. The molecule has 8 nitrogen and oxygen atoms in total. The van der Waals surface area contributed by atoms with Crippen molar-refractivity contribution in [3.05, 3.63) is 89.2 Å². The molecule has 1 aliphatic heterocycles. The highest BCUT2D eigenvalue weighted by atomic mass is 19.1. The Balaban J connectivity index is 1.68. The summed E-state index contributed by atoms with van der Waals surface area (Å²) in [5.41, 5.74) is 0.322. The van der Waals surface area contributed by atoms with Crippen LogP contribution in [0.4, 0.5) is 14.9 Å². The first kappa shape index (κ1) is 23.7. The van der Waals surface area contributed by atoms with Gasteiger partial charge in [0.15, 0.2) is 5.54 Å². The van der Waals surface area contributed by atoms with E-state index >= 15 is 0 Å². The Labute approximate surface area is 201 Å². The Morgan fingerprint density at radius 1 is 0.943 bits per heavy atom. The number of rotatable bonds is 7. The zero-order valence-corrected chi connectivity index (χ0v) is 19.4. The molecule has 0 atom stereocenters. The molecule has 4 amide bonds. The maximum Gasteiger partial charge on any atom is 0.326 e. The fourth-order valence-corrected chi connectivity index (χ4v) is 4.02. The first-order valence-electron chi connectivity index (χ1n) is 10.8. The fraction of sp³-hybridized carbons (Fsp3) is 0.192. The van der Waals surface area contributed by atoms with Crippen LogP contribution in [0.2, 0.25) is 0 Å². The average Bonchev–Trinajstić information content (AvgIpc) is 3.12. The monoisotopic (exact) mass is 477 g/mol. The lowest BCUT2D eigenvalue weighted by atomic mass is 9.82. The van der Waals surface area contributed by atoms with Crippen LogP contribution < -0.4 is 20.1 Å². The van der Waals surface area contributed by atoms with Crippen molar-refractivity contribution in [3.8, 4) is 11.5 Å². The van der Waals surface area contributed by atoms with Gasteiger partial charge in [0.1, 0.15) is 23.9 Å². The molecule has 35 heavy (non-hydrogen) atoms. The summed E-state index contributed by atoms with van der Waals surface area (Å²) >= 11 is 0. The topological polar surface area (TPSA) is 97.0 Å². The molecular weight excluding hydrogens is 453 g/mol. The van der Waals surface area contributed by atoms with E-state index < -0.39 is 35.7 Å². The minimum atomic E-state index is -1.56. The molecule has 0 radical (unpaired) electrons. The fourth-order valence-electron chi connectivity index (χ4n) is 4.02. The van der Waals surface area contributed by atoms with Crippen LogP contribution in [-0.4, -0.2) is 43.5 Å². The summed E-state index contributed by atoms with van der Waals surface area (Å²) in [6, 6.07) is 16.7. The second-order valence-corrected chi connectivity index (χ2v) is 8.04. The first-order chi connectivity index (χ1) is 16.8. The number of carbonyl (C=O) groups excluding carboxylic acids is 3. The number of hydrogen-bond acceptors (Lipinski definition) is 5. The van der Waals surface area contributed by atoms with Gasteiger partial charge in [-0.2, -0.15) is 0 Å². The van der Waals surface area contributed by atoms with Crippen molar-refractivity contribution in [3.63, 3.8) is 0 Å². The molecule has 2 N–H and O–H groups in total. The molecular formula is C26H24FN3O5. The van der Waals surface area contributed by atoms with E-state index in [-0.39, 0.29) is 5.69 Å². The van der Waals surface area contributed by atoms with Gasteiger partial charge in [0, 0.05) is 5.69 Å². The lowest BCUT2D eigenvalue weighted by molar-refractivity contribution is -0.133. The highest BCUT2D eigenvalue weighted by Gasteiger charge is 2.54. The number of amides is 4. The summed E-state index contributed by atoms with van der Waals surface area (Å²) in [7, 11) is 3.05. The van der Waals surface area contributed by atoms with Crippen LogP contribution in [0, 0.1) is 12.7 Å². The van der Waals surface area contributed by atoms with E-state index in [0.717, 1.165) is 4.90 Å². The van der Waals surface area contributed by atoms with E-state index in [1.807, 2.05) is 0 Å². The summed E-state index contributed by atoms with van der Waals surface area (Å²) in [5.74, 6) is -0.612. The van der Waals surface area contributed by atoms with Crippen molar-refractivity contribution in [1.82, 2.24) is 10.2 Å². The second kappa shape index (κ2) is 9.46. The van der Waals surface area contributed by atoms with E-state index in [4.69, 9.17) is 9.47 Å². The number of imide groups is 1. The second-order valence-electron chi connectivity index (χ2n) is 8.04. The predicted octanol–water partition coefficient (Wildman–Crippen LogP) is 3.59. The maximum absolute atomic E-state index is 13.8.